The second kappa shape index (κ2) is 4.47. The largest absolute Gasteiger partial charge is 0.490 e. The lowest BCUT2D eigenvalue weighted by Gasteiger charge is -2.08. The van der Waals surface area contributed by atoms with E-state index in [0.29, 0.717) is 6.61 Å². The fraction of sp³-hybridized carbons (Fsp3) is 0.273. The minimum atomic E-state index is 0.556. The Morgan fingerprint density at radius 2 is 1.92 bits per heavy atom. The van der Waals surface area contributed by atoms with E-state index in [1.165, 1.54) is 11.1 Å². The van der Waals surface area contributed by atoms with Crippen molar-refractivity contribution >= 4 is 15.9 Å². The highest BCUT2D eigenvalue weighted by Crippen LogP contribution is 2.26. The predicted molar refractivity (Wildman–Crippen MR) is 59.3 cm³/mol. The smallest absolute Gasteiger partial charge is 0.120 e. The molecule has 0 saturated carbocycles. The zero-order valence-corrected chi connectivity index (χ0v) is 9.52. The van der Waals surface area contributed by atoms with Gasteiger partial charge in [-0.2, -0.15) is 0 Å². The second-order valence-electron chi connectivity index (χ2n) is 2.97. The van der Waals surface area contributed by atoms with Crippen LogP contribution in [0.15, 0.2) is 29.3 Å². The third kappa shape index (κ3) is 2.59. The number of aryl methyl sites for hydroxylation is 2. The quantitative estimate of drug-likeness (QED) is 0.734. The maximum atomic E-state index is 5.43. The van der Waals surface area contributed by atoms with Crippen LogP contribution in [0.5, 0.6) is 5.75 Å². The molecule has 1 rings (SSSR count). The zero-order valence-electron chi connectivity index (χ0n) is 7.93. The summed E-state index contributed by atoms with van der Waals surface area (Å²) in [6.07, 6.45) is 1.74. The van der Waals surface area contributed by atoms with E-state index in [-0.39, 0.29) is 0 Å². The molecular weight excluding hydrogens is 228 g/mol. The van der Waals surface area contributed by atoms with Crippen LogP contribution >= 0.6 is 15.9 Å². The van der Waals surface area contributed by atoms with Crippen LogP contribution in [-0.4, -0.2) is 6.61 Å². The Bertz CT molecular complexity index is 295. The Kier molecular flexibility index (Phi) is 3.55. The number of rotatable bonds is 3. The first-order valence-corrected chi connectivity index (χ1v) is 4.95. The maximum Gasteiger partial charge on any atom is 0.120 e. The summed E-state index contributed by atoms with van der Waals surface area (Å²) in [4.78, 5) is 0. The van der Waals surface area contributed by atoms with Crippen LogP contribution in [-0.2, 0) is 0 Å². The zero-order chi connectivity index (χ0) is 9.84. The number of hydrogen-bond donors (Lipinski definition) is 0. The monoisotopic (exact) mass is 240 g/mol. The van der Waals surface area contributed by atoms with Crippen molar-refractivity contribution in [3.8, 4) is 5.75 Å². The third-order valence-corrected chi connectivity index (χ3v) is 3.03. The van der Waals surface area contributed by atoms with E-state index < -0.39 is 0 Å². The molecule has 0 radical (unpaired) electrons. The molecule has 0 bridgehead atoms. The van der Waals surface area contributed by atoms with Crippen molar-refractivity contribution < 1.29 is 4.74 Å². The summed E-state index contributed by atoms with van der Waals surface area (Å²) in [6, 6.07) is 4.03. The van der Waals surface area contributed by atoms with Gasteiger partial charge >= 0.3 is 0 Å². The van der Waals surface area contributed by atoms with Gasteiger partial charge in [-0.1, -0.05) is 28.6 Å². The molecule has 2 heteroatoms. The first-order valence-electron chi connectivity index (χ1n) is 4.15. The highest BCUT2D eigenvalue weighted by Gasteiger charge is 2.01. The first-order chi connectivity index (χ1) is 6.15. The van der Waals surface area contributed by atoms with Gasteiger partial charge in [0.2, 0.25) is 0 Å². The Labute approximate surface area is 87.5 Å². The molecule has 0 heterocycles. The van der Waals surface area contributed by atoms with E-state index in [9.17, 15) is 0 Å². The predicted octanol–water partition coefficient (Wildman–Crippen LogP) is 3.63. The molecule has 0 unspecified atom stereocenters. The number of ether oxygens (including phenoxy) is 1. The molecule has 70 valence electrons. The van der Waals surface area contributed by atoms with Crippen LogP contribution in [0.25, 0.3) is 0 Å². The van der Waals surface area contributed by atoms with Gasteiger partial charge < -0.3 is 4.74 Å². The van der Waals surface area contributed by atoms with Crippen LogP contribution < -0.4 is 4.74 Å². The van der Waals surface area contributed by atoms with E-state index in [2.05, 4.69) is 36.4 Å². The van der Waals surface area contributed by atoms with Crippen LogP contribution in [0.1, 0.15) is 11.1 Å². The van der Waals surface area contributed by atoms with E-state index in [0.717, 1.165) is 10.2 Å². The highest BCUT2D eigenvalue weighted by atomic mass is 79.9. The summed E-state index contributed by atoms with van der Waals surface area (Å²) in [5.74, 6) is 0.901. The van der Waals surface area contributed by atoms with Gasteiger partial charge in [-0.05, 0) is 37.1 Å². The molecule has 0 aliphatic heterocycles. The lowest BCUT2D eigenvalue weighted by Crippen LogP contribution is -1.94. The van der Waals surface area contributed by atoms with Gasteiger partial charge in [-0.3, -0.25) is 0 Å². The van der Waals surface area contributed by atoms with Crippen molar-refractivity contribution in [3.05, 3.63) is 40.4 Å². The molecule has 0 amide bonds. The van der Waals surface area contributed by atoms with Crippen molar-refractivity contribution in [2.24, 2.45) is 0 Å². The average Bonchev–Trinajstić information content (AvgIpc) is 2.10. The van der Waals surface area contributed by atoms with Crippen molar-refractivity contribution in [1.29, 1.82) is 0 Å². The van der Waals surface area contributed by atoms with Crippen molar-refractivity contribution in [2.75, 3.05) is 6.61 Å². The number of halogens is 1. The summed E-state index contributed by atoms with van der Waals surface area (Å²) < 4.78 is 6.58. The third-order valence-electron chi connectivity index (χ3n) is 1.78. The van der Waals surface area contributed by atoms with Gasteiger partial charge in [-0.25, -0.2) is 0 Å². The number of hydrogen-bond acceptors (Lipinski definition) is 1. The van der Waals surface area contributed by atoms with Gasteiger partial charge in [0.1, 0.15) is 12.4 Å². The minimum Gasteiger partial charge on any atom is -0.490 e. The van der Waals surface area contributed by atoms with Crippen LogP contribution in [0.2, 0.25) is 0 Å². The molecule has 0 aliphatic carbocycles. The molecule has 1 aromatic carbocycles. The number of benzene rings is 1. The molecule has 0 saturated heterocycles. The van der Waals surface area contributed by atoms with Gasteiger partial charge in [0.05, 0.1) is 0 Å². The van der Waals surface area contributed by atoms with Crippen molar-refractivity contribution in [2.45, 2.75) is 13.8 Å². The summed E-state index contributed by atoms with van der Waals surface area (Å²) in [6.45, 7) is 8.27. The highest BCUT2D eigenvalue weighted by molar-refractivity contribution is 9.10. The Morgan fingerprint density at radius 3 is 2.38 bits per heavy atom. The van der Waals surface area contributed by atoms with Crippen molar-refractivity contribution in [3.63, 3.8) is 0 Å². The first kappa shape index (κ1) is 10.3. The summed E-state index contributed by atoms with van der Waals surface area (Å²) in [5, 5.41) is 0. The van der Waals surface area contributed by atoms with E-state index >= 15 is 0 Å². The van der Waals surface area contributed by atoms with Crippen LogP contribution in [0, 0.1) is 13.8 Å². The lowest BCUT2D eigenvalue weighted by molar-refractivity contribution is 0.362. The molecule has 0 aromatic heterocycles. The second-order valence-corrected chi connectivity index (χ2v) is 3.76. The molecule has 0 aliphatic rings. The molecular formula is C11H13BrO. The van der Waals surface area contributed by atoms with Gasteiger partial charge in [-0.15, -0.1) is 0 Å². The van der Waals surface area contributed by atoms with E-state index in [1.54, 1.807) is 6.08 Å². The fourth-order valence-corrected chi connectivity index (χ4v) is 1.37. The molecule has 0 fully saturated rings. The van der Waals surface area contributed by atoms with Crippen LogP contribution in [0.4, 0.5) is 0 Å². The SMILES string of the molecule is C=CCOc1cc(C)c(Br)c(C)c1. The summed E-state index contributed by atoms with van der Waals surface area (Å²) in [5.41, 5.74) is 2.39. The Balaban J connectivity index is 2.92. The molecule has 0 spiro atoms. The summed E-state index contributed by atoms with van der Waals surface area (Å²) in [7, 11) is 0. The van der Waals surface area contributed by atoms with E-state index in [1.807, 2.05) is 12.1 Å². The topological polar surface area (TPSA) is 9.23 Å². The molecule has 1 nitrogen and oxygen atoms in total. The lowest BCUT2D eigenvalue weighted by atomic mass is 10.1. The molecule has 1 aromatic rings. The molecule has 13 heavy (non-hydrogen) atoms. The molecule has 0 N–H and O–H groups in total. The van der Waals surface area contributed by atoms with E-state index in [4.69, 9.17) is 4.74 Å². The van der Waals surface area contributed by atoms with Gasteiger partial charge in [0.15, 0.2) is 0 Å². The summed E-state index contributed by atoms with van der Waals surface area (Å²) >= 11 is 3.51. The Hall–Kier alpha value is -0.760. The van der Waals surface area contributed by atoms with Gasteiger partial charge in [0.25, 0.3) is 0 Å². The van der Waals surface area contributed by atoms with Crippen LogP contribution in [0.3, 0.4) is 0 Å². The normalized spacial score (nSPS) is 9.77. The van der Waals surface area contributed by atoms with Crippen molar-refractivity contribution in [1.82, 2.24) is 0 Å². The standard InChI is InChI=1S/C11H13BrO/c1-4-5-13-10-6-8(2)11(12)9(3)7-10/h4,6-7H,1,5H2,2-3H3. The van der Waals surface area contributed by atoms with Gasteiger partial charge in [0, 0.05) is 4.47 Å². The minimum absolute atomic E-state index is 0.556. The average molecular weight is 241 g/mol. The maximum absolute atomic E-state index is 5.43. The molecule has 0 atom stereocenters. The fourth-order valence-electron chi connectivity index (χ4n) is 1.14. The Morgan fingerprint density at radius 1 is 1.38 bits per heavy atom.